The van der Waals surface area contributed by atoms with E-state index in [1.807, 2.05) is 36.5 Å². The van der Waals surface area contributed by atoms with Gasteiger partial charge in [0.05, 0.1) is 18.3 Å². The number of ether oxygens (including phenoxy) is 1. The monoisotopic (exact) mass is 238 g/mol. The molecule has 0 saturated heterocycles. The van der Waals surface area contributed by atoms with E-state index in [0.29, 0.717) is 12.5 Å². The van der Waals surface area contributed by atoms with Crippen molar-refractivity contribution in [2.24, 2.45) is 0 Å². The normalized spacial score (nSPS) is 10.7. The summed E-state index contributed by atoms with van der Waals surface area (Å²) in [6.07, 6.45) is 4.60. The van der Waals surface area contributed by atoms with Gasteiger partial charge in [-0.1, -0.05) is 30.3 Å². The summed E-state index contributed by atoms with van der Waals surface area (Å²) in [5, 5.41) is 1.12. The van der Waals surface area contributed by atoms with Gasteiger partial charge in [0.2, 0.25) is 5.88 Å². The zero-order chi connectivity index (χ0) is 12.2. The van der Waals surface area contributed by atoms with Crippen molar-refractivity contribution in [1.29, 1.82) is 0 Å². The number of hydrogen-bond acceptors (Lipinski definition) is 2. The first kappa shape index (κ1) is 10.8. The highest BCUT2D eigenvalue weighted by atomic mass is 16.5. The maximum atomic E-state index is 5.66. The summed E-state index contributed by atoms with van der Waals surface area (Å²) < 4.78 is 5.66. The van der Waals surface area contributed by atoms with Crippen molar-refractivity contribution in [3.63, 3.8) is 0 Å². The first-order chi connectivity index (χ1) is 8.92. The molecule has 1 aromatic carbocycles. The Hall–Kier alpha value is -2.29. The number of aromatic amines is 1. The number of fused-ring (bicyclic) bond motifs is 1. The van der Waals surface area contributed by atoms with Gasteiger partial charge < -0.3 is 9.72 Å². The summed E-state index contributed by atoms with van der Waals surface area (Å²) in [5.41, 5.74) is 2.31. The average Bonchev–Trinajstić information content (AvgIpc) is 2.87. The minimum Gasteiger partial charge on any atom is -0.477 e. The fourth-order valence-corrected chi connectivity index (χ4v) is 1.93. The quantitative estimate of drug-likeness (QED) is 0.758. The van der Waals surface area contributed by atoms with Crippen LogP contribution in [0.4, 0.5) is 0 Å². The fourth-order valence-electron chi connectivity index (χ4n) is 1.93. The van der Waals surface area contributed by atoms with E-state index in [-0.39, 0.29) is 0 Å². The Labute approximate surface area is 105 Å². The lowest BCUT2D eigenvalue weighted by atomic mass is 10.2. The molecule has 0 unspecified atom stereocenters. The molecule has 3 heteroatoms. The smallest absolute Gasteiger partial charge is 0.213 e. The molecule has 0 radical (unpaired) electrons. The molecule has 0 aliphatic rings. The number of nitrogens with zero attached hydrogens (tertiary/aromatic N) is 1. The maximum absolute atomic E-state index is 5.66. The summed E-state index contributed by atoms with van der Waals surface area (Å²) in [6, 6.07) is 14.3. The van der Waals surface area contributed by atoms with Crippen LogP contribution in [0.1, 0.15) is 5.56 Å². The standard InChI is InChI=1S/C15H14N2O/c1-2-4-12(5-3-1)7-9-18-15-10-13-6-8-16-14(13)11-17-15/h1-6,8,10-11,16H,7,9H2. The van der Waals surface area contributed by atoms with Crippen LogP contribution in [0.15, 0.2) is 54.9 Å². The van der Waals surface area contributed by atoms with Crippen molar-refractivity contribution >= 4 is 10.9 Å². The zero-order valence-corrected chi connectivity index (χ0v) is 9.97. The Morgan fingerprint density at radius 2 is 2.00 bits per heavy atom. The molecule has 0 amide bonds. The van der Waals surface area contributed by atoms with Gasteiger partial charge in [0.15, 0.2) is 0 Å². The molecule has 0 fully saturated rings. The lowest BCUT2D eigenvalue weighted by molar-refractivity contribution is 0.310. The number of H-pyrrole nitrogens is 1. The second-order valence-corrected chi connectivity index (χ2v) is 4.17. The van der Waals surface area contributed by atoms with Crippen molar-refractivity contribution in [3.8, 4) is 5.88 Å². The molecule has 2 heterocycles. The highest BCUT2D eigenvalue weighted by molar-refractivity contribution is 5.79. The molecule has 18 heavy (non-hydrogen) atoms. The van der Waals surface area contributed by atoms with Crippen molar-refractivity contribution in [2.45, 2.75) is 6.42 Å². The van der Waals surface area contributed by atoms with E-state index in [1.165, 1.54) is 5.56 Å². The highest BCUT2D eigenvalue weighted by Crippen LogP contribution is 2.16. The highest BCUT2D eigenvalue weighted by Gasteiger charge is 1.99. The summed E-state index contributed by atoms with van der Waals surface area (Å²) in [5.74, 6) is 0.679. The number of pyridine rings is 1. The Balaban J connectivity index is 1.62. The zero-order valence-electron chi connectivity index (χ0n) is 9.97. The van der Waals surface area contributed by atoms with Crippen LogP contribution in [0.2, 0.25) is 0 Å². The molecule has 3 aromatic rings. The Kier molecular flexibility index (Phi) is 2.96. The summed E-state index contributed by atoms with van der Waals surface area (Å²) >= 11 is 0. The molecule has 1 N–H and O–H groups in total. The number of benzene rings is 1. The largest absolute Gasteiger partial charge is 0.477 e. The molecule has 90 valence electrons. The predicted octanol–water partition coefficient (Wildman–Crippen LogP) is 3.18. The van der Waals surface area contributed by atoms with E-state index in [1.54, 1.807) is 6.20 Å². The van der Waals surface area contributed by atoms with Crippen LogP contribution in [0, 0.1) is 0 Å². The van der Waals surface area contributed by atoms with Crippen molar-refractivity contribution in [1.82, 2.24) is 9.97 Å². The van der Waals surface area contributed by atoms with Gasteiger partial charge >= 0.3 is 0 Å². The van der Waals surface area contributed by atoms with Gasteiger partial charge in [-0.25, -0.2) is 4.98 Å². The second kappa shape index (κ2) is 4.92. The van der Waals surface area contributed by atoms with Gasteiger partial charge in [0.25, 0.3) is 0 Å². The minimum atomic E-state index is 0.646. The number of hydrogen-bond donors (Lipinski definition) is 1. The number of aromatic nitrogens is 2. The van der Waals surface area contributed by atoms with Crippen molar-refractivity contribution in [3.05, 3.63) is 60.4 Å². The fraction of sp³-hybridized carbons (Fsp3) is 0.133. The van der Waals surface area contributed by atoms with Gasteiger partial charge in [0, 0.05) is 24.1 Å². The lowest BCUT2D eigenvalue weighted by Crippen LogP contribution is -2.02. The summed E-state index contributed by atoms with van der Waals surface area (Å²) in [4.78, 5) is 7.37. The summed E-state index contributed by atoms with van der Waals surface area (Å²) in [6.45, 7) is 0.646. The molecule has 0 aliphatic heterocycles. The molecule has 2 aromatic heterocycles. The van der Waals surface area contributed by atoms with E-state index < -0.39 is 0 Å². The molecule has 0 atom stereocenters. The third-order valence-electron chi connectivity index (χ3n) is 2.90. The van der Waals surface area contributed by atoms with Gasteiger partial charge in [-0.05, 0) is 11.6 Å². The van der Waals surface area contributed by atoms with Crippen molar-refractivity contribution < 1.29 is 4.74 Å². The Bertz CT molecular complexity index is 631. The van der Waals surface area contributed by atoms with Crippen molar-refractivity contribution in [2.75, 3.05) is 6.61 Å². The molecule has 3 nitrogen and oxygen atoms in total. The van der Waals surface area contributed by atoms with Crippen LogP contribution in [-0.2, 0) is 6.42 Å². The van der Waals surface area contributed by atoms with E-state index in [0.717, 1.165) is 17.3 Å². The lowest BCUT2D eigenvalue weighted by Gasteiger charge is -2.05. The second-order valence-electron chi connectivity index (χ2n) is 4.17. The van der Waals surface area contributed by atoms with Crippen LogP contribution in [-0.4, -0.2) is 16.6 Å². The minimum absolute atomic E-state index is 0.646. The van der Waals surface area contributed by atoms with Gasteiger partial charge in [0.1, 0.15) is 0 Å². The number of rotatable bonds is 4. The van der Waals surface area contributed by atoms with Crippen LogP contribution in [0.5, 0.6) is 5.88 Å². The first-order valence-electron chi connectivity index (χ1n) is 6.02. The average molecular weight is 238 g/mol. The van der Waals surface area contributed by atoms with E-state index in [9.17, 15) is 0 Å². The Morgan fingerprint density at radius 3 is 2.89 bits per heavy atom. The third-order valence-corrected chi connectivity index (χ3v) is 2.90. The molecule has 0 saturated carbocycles. The maximum Gasteiger partial charge on any atom is 0.213 e. The SMILES string of the molecule is c1ccc(CCOc2cc3cc[nH]c3cn2)cc1. The Morgan fingerprint density at radius 1 is 1.11 bits per heavy atom. The molecule has 0 aliphatic carbocycles. The molecular weight excluding hydrogens is 224 g/mol. The van der Waals surface area contributed by atoms with E-state index in [4.69, 9.17) is 4.74 Å². The first-order valence-corrected chi connectivity index (χ1v) is 6.02. The van der Waals surface area contributed by atoms with Crippen LogP contribution in [0.3, 0.4) is 0 Å². The topological polar surface area (TPSA) is 37.9 Å². The predicted molar refractivity (Wildman–Crippen MR) is 71.7 cm³/mol. The molecular formula is C15H14N2O. The van der Waals surface area contributed by atoms with Crippen LogP contribution < -0.4 is 4.74 Å². The molecule has 3 rings (SSSR count). The van der Waals surface area contributed by atoms with Gasteiger partial charge in [-0.15, -0.1) is 0 Å². The molecule has 0 bridgehead atoms. The van der Waals surface area contributed by atoms with E-state index >= 15 is 0 Å². The molecule has 0 spiro atoms. The summed E-state index contributed by atoms with van der Waals surface area (Å²) in [7, 11) is 0. The van der Waals surface area contributed by atoms with E-state index in [2.05, 4.69) is 22.1 Å². The van der Waals surface area contributed by atoms with Crippen LogP contribution in [0.25, 0.3) is 10.9 Å². The van der Waals surface area contributed by atoms with Crippen LogP contribution >= 0.6 is 0 Å². The van der Waals surface area contributed by atoms with Gasteiger partial charge in [-0.3, -0.25) is 0 Å². The third kappa shape index (κ3) is 2.35. The number of nitrogens with one attached hydrogen (secondary N) is 1. The van der Waals surface area contributed by atoms with Gasteiger partial charge in [-0.2, -0.15) is 0 Å².